The summed E-state index contributed by atoms with van der Waals surface area (Å²) in [7, 11) is 0. The number of carbonyl (C=O) groups is 2. The fourth-order valence-electron chi connectivity index (χ4n) is 3.28. The van der Waals surface area contributed by atoms with Crippen LogP contribution in [0.1, 0.15) is 18.4 Å². The van der Waals surface area contributed by atoms with E-state index in [2.05, 4.69) is 45.1 Å². The van der Waals surface area contributed by atoms with Gasteiger partial charge in [-0.05, 0) is 30.9 Å². The number of urea groups is 1. The summed E-state index contributed by atoms with van der Waals surface area (Å²) in [6.07, 6.45) is 2.30. The lowest BCUT2D eigenvalue weighted by atomic mass is 9.97. The molecule has 3 N–H and O–H groups in total. The molecule has 6 nitrogen and oxygen atoms in total. The lowest BCUT2D eigenvalue weighted by molar-refractivity contribution is -0.122. The molecule has 2 heterocycles. The van der Waals surface area contributed by atoms with Gasteiger partial charge in [0.15, 0.2) is 0 Å². The summed E-state index contributed by atoms with van der Waals surface area (Å²) >= 11 is 0. The minimum absolute atomic E-state index is 0.0940. The van der Waals surface area contributed by atoms with Crippen LogP contribution in [0.4, 0.5) is 4.79 Å². The van der Waals surface area contributed by atoms with Crippen molar-refractivity contribution < 1.29 is 9.59 Å². The molecule has 0 aromatic heterocycles. The topological polar surface area (TPSA) is 73.5 Å². The molecule has 1 aromatic carbocycles. The van der Waals surface area contributed by atoms with Crippen LogP contribution in [0.5, 0.6) is 0 Å². The molecule has 3 amide bonds. The molecule has 124 valence electrons. The van der Waals surface area contributed by atoms with Crippen molar-refractivity contribution in [3.8, 4) is 0 Å². The molecule has 2 fully saturated rings. The Balaban J connectivity index is 1.43. The van der Waals surface area contributed by atoms with Crippen molar-refractivity contribution in [2.75, 3.05) is 26.2 Å². The molecule has 0 saturated carbocycles. The first kappa shape index (κ1) is 15.8. The zero-order chi connectivity index (χ0) is 16.1. The van der Waals surface area contributed by atoms with Crippen LogP contribution in [-0.2, 0) is 11.3 Å². The molecule has 2 atom stereocenters. The molecular formula is C17H24N4O2. The molecule has 0 spiro atoms. The zero-order valence-corrected chi connectivity index (χ0v) is 13.3. The number of hydrogen-bond acceptors (Lipinski definition) is 3. The molecule has 2 aliphatic rings. The highest BCUT2D eigenvalue weighted by molar-refractivity contribution is 5.90. The lowest BCUT2D eigenvalue weighted by Gasteiger charge is -2.33. The van der Waals surface area contributed by atoms with E-state index in [1.165, 1.54) is 5.56 Å². The van der Waals surface area contributed by atoms with Gasteiger partial charge < -0.3 is 16.0 Å². The van der Waals surface area contributed by atoms with Crippen LogP contribution in [0.3, 0.4) is 0 Å². The van der Waals surface area contributed by atoms with E-state index in [9.17, 15) is 9.59 Å². The predicted molar refractivity (Wildman–Crippen MR) is 87.8 cm³/mol. The Morgan fingerprint density at radius 1 is 1.30 bits per heavy atom. The average Bonchev–Trinajstić information content (AvgIpc) is 3.01. The summed E-state index contributed by atoms with van der Waals surface area (Å²) in [5.41, 5.74) is 1.33. The van der Waals surface area contributed by atoms with Gasteiger partial charge >= 0.3 is 6.03 Å². The number of hydrogen-bond donors (Lipinski definition) is 3. The van der Waals surface area contributed by atoms with Crippen LogP contribution in [0.2, 0.25) is 0 Å². The molecule has 0 bridgehead atoms. The predicted octanol–water partition coefficient (Wildman–Crippen LogP) is 0.696. The number of nitrogens with one attached hydrogen (secondary N) is 3. The Hall–Kier alpha value is -2.08. The summed E-state index contributed by atoms with van der Waals surface area (Å²) < 4.78 is 0. The third kappa shape index (κ3) is 4.45. The second kappa shape index (κ2) is 7.46. The summed E-state index contributed by atoms with van der Waals surface area (Å²) in [5, 5.41) is 8.19. The maximum absolute atomic E-state index is 12.0. The maximum atomic E-state index is 12.0. The fraction of sp³-hybridized carbons (Fsp3) is 0.529. The van der Waals surface area contributed by atoms with Crippen LogP contribution in [0, 0.1) is 5.92 Å². The lowest BCUT2D eigenvalue weighted by Crippen LogP contribution is -2.46. The number of likely N-dealkylation sites (tertiary alicyclic amines) is 1. The summed E-state index contributed by atoms with van der Waals surface area (Å²) in [6, 6.07) is 9.78. The van der Waals surface area contributed by atoms with Gasteiger partial charge in [-0.15, -0.1) is 0 Å². The first-order valence-corrected chi connectivity index (χ1v) is 8.29. The molecule has 2 aliphatic heterocycles. The molecule has 6 heteroatoms. The summed E-state index contributed by atoms with van der Waals surface area (Å²) in [4.78, 5) is 25.6. The molecule has 2 saturated heterocycles. The van der Waals surface area contributed by atoms with Gasteiger partial charge in [0.1, 0.15) is 6.04 Å². The third-order valence-electron chi connectivity index (χ3n) is 4.51. The fourth-order valence-corrected chi connectivity index (χ4v) is 3.28. The Labute approximate surface area is 136 Å². The Morgan fingerprint density at radius 2 is 2.13 bits per heavy atom. The van der Waals surface area contributed by atoms with Gasteiger partial charge in [-0.25, -0.2) is 4.79 Å². The van der Waals surface area contributed by atoms with Crippen LogP contribution in [0.15, 0.2) is 30.3 Å². The number of piperidine rings is 1. The molecule has 3 rings (SSSR count). The van der Waals surface area contributed by atoms with Gasteiger partial charge in [-0.1, -0.05) is 30.3 Å². The Kier molecular flexibility index (Phi) is 5.12. The van der Waals surface area contributed by atoms with Gasteiger partial charge in [0.25, 0.3) is 0 Å². The second-order valence-electron chi connectivity index (χ2n) is 6.38. The monoisotopic (exact) mass is 316 g/mol. The zero-order valence-electron chi connectivity index (χ0n) is 13.3. The smallest absolute Gasteiger partial charge is 0.315 e. The van der Waals surface area contributed by atoms with Gasteiger partial charge in [-0.2, -0.15) is 0 Å². The van der Waals surface area contributed by atoms with E-state index in [0.717, 1.165) is 32.5 Å². The molecule has 1 aromatic rings. The Morgan fingerprint density at radius 3 is 2.87 bits per heavy atom. The van der Waals surface area contributed by atoms with E-state index >= 15 is 0 Å². The summed E-state index contributed by atoms with van der Waals surface area (Å²) in [6.45, 7) is 4.13. The van der Waals surface area contributed by atoms with Gasteiger partial charge in [0.2, 0.25) is 5.91 Å². The minimum Gasteiger partial charge on any atom is -0.354 e. The molecule has 0 radical (unpaired) electrons. The first-order valence-electron chi connectivity index (χ1n) is 8.29. The Bertz CT molecular complexity index is 549. The third-order valence-corrected chi connectivity index (χ3v) is 4.51. The highest BCUT2D eigenvalue weighted by Crippen LogP contribution is 2.18. The van der Waals surface area contributed by atoms with Gasteiger partial charge in [0.05, 0.1) is 0 Å². The summed E-state index contributed by atoms with van der Waals surface area (Å²) in [5.74, 6) is 0.380. The average molecular weight is 316 g/mol. The minimum atomic E-state index is -0.438. The van der Waals surface area contributed by atoms with Crippen molar-refractivity contribution in [2.24, 2.45) is 5.92 Å². The van der Waals surface area contributed by atoms with E-state index in [4.69, 9.17) is 0 Å². The molecule has 23 heavy (non-hydrogen) atoms. The number of nitrogens with zero attached hydrogens (tertiary/aromatic N) is 1. The van der Waals surface area contributed by atoms with E-state index in [1.807, 2.05) is 6.07 Å². The van der Waals surface area contributed by atoms with Crippen molar-refractivity contribution in [3.05, 3.63) is 35.9 Å². The number of rotatable bonds is 5. The van der Waals surface area contributed by atoms with Gasteiger partial charge in [0, 0.05) is 26.2 Å². The van der Waals surface area contributed by atoms with Gasteiger partial charge in [-0.3, -0.25) is 9.69 Å². The van der Waals surface area contributed by atoms with Crippen molar-refractivity contribution in [2.45, 2.75) is 25.4 Å². The highest BCUT2D eigenvalue weighted by Gasteiger charge is 2.27. The van der Waals surface area contributed by atoms with Crippen LogP contribution >= 0.6 is 0 Å². The molecular weight excluding hydrogens is 292 g/mol. The van der Waals surface area contributed by atoms with E-state index < -0.39 is 6.04 Å². The van der Waals surface area contributed by atoms with Crippen molar-refractivity contribution >= 4 is 11.9 Å². The maximum Gasteiger partial charge on any atom is 0.315 e. The van der Waals surface area contributed by atoms with Crippen LogP contribution < -0.4 is 16.0 Å². The van der Waals surface area contributed by atoms with Crippen molar-refractivity contribution in [1.29, 1.82) is 0 Å². The quantitative estimate of drug-likeness (QED) is 0.748. The van der Waals surface area contributed by atoms with Crippen LogP contribution in [0.25, 0.3) is 0 Å². The SMILES string of the molecule is O=C1NC[C@@H](C(=O)NC[C@H]2CCCN(Cc3ccccc3)C2)N1. The molecule has 0 aliphatic carbocycles. The van der Waals surface area contributed by atoms with E-state index in [1.54, 1.807) is 0 Å². The van der Waals surface area contributed by atoms with E-state index in [0.29, 0.717) is 19.0 Å². The van der Waals surface area contributed by atoms with Crippen molar-refractivity contribution in [1.82, 2.24) is 20.9 Å². The second-order valence-corrected chi connectivity index (χ2v) is 6.38. The molecule has 0 unspecified atom stereocenters. The largest absolute Gasteiger partial charge is 0.354 e. The normalized spacial score (nSPS) is 24.8. The number of benzene rings is 1. The first-order chi connectivity index (χ1) is 11.2. The highest BCUT2D eigenvalue weighted by atomic mass is 16.2. The van der Waals surface area contributed by atoms with E-state index in [-0.39, 0.29) is 11.9 Å². The number of amides is 3. The number of carbonyl (C=O) groups excluding carboxylic acids is 2. The van der Waals surface area contributed by atoms with Crippen molar-refractivity contribution in [3.63, 3.8) is 0 Å². The standard InChI is InChI=1S/C17H24N4O2/c22-16(15-10-19-17(23)20-15)18-9-14-7-4-8-21(12-14)11-13-5-2-1-3-6-13/h1-3,5-6,14-15H,4,7-12H2,(H,18,22)(H2,19,20,23)/t14-,15+/m1/s1. The van der Waals surface area contributed by atoms with Crippen LogP contribution in [-0.4, -0.2) is 49.1 Å².